The van der Waals surface area contributed by atoms with Gasteiger partial charge >= 0.3 is 0 Å². The second-order valence-electron chi connectivity index (χ2n) is 10.3. The standard InChI is InChI=1S/C31H26INO6/c1-3-39-24-6-4-5-19(29(24)36)25-18-11-12-20-26(21(18)14-22-23(34)13-15(2)28(35)27(22)25)31(38)33(30(20)37)17-9-7-16(32)8-10-17/h4-11,13,20-21,25-26,36H,3,12,14H2,1-2H3/t20-,21+,25+,26-/m0/s1. The Morgan fingerprint density at radius 3 is 2.49 bits per heavy atom. The molecule has 1 heterocycles. The first-order valence-electron chi connectivity index (χ1n) is 13.0. The van der Waals surface area contributed by atoms with Gasteiger partial charge in [-0.3, -0.25) is 24.1 Å². The first-order chi connectivity index (χ1) is 18.7. The Hall–Kier alpha value is -3.53. The van der Waals surface area contributed by atoms with E-state index in [4.69, 9.17) is 4.74 Å². The minimum atomic E-state index is -0.726. The Morgan fingerprint density at radius 2 is 1.77 bits per heavy atom. The molecule has 0 radical (unpaired) electrons. The number of nitrogens with zero attached hydrogens (tertiary/aromatic N) is 1. The molecule has 8 heteroatoms. The Morgan fingerprint density at radius 1 is 1.03 bits per heavy atom. The van der Waals surface area contributed by atoms with Crippen molar-refractivity contribution in [2.45, 2.75) is 32.6 Å². The summed E-state index contributed by atoms with van der Waals surface area (Å²) in [6.45, 7) is 3.77. The van der Waals surface area contributed by atoms with Crippen molar-refractivity contribution in [1.29, 1.82) is 0 Å². The molecule has 2 amide bonds. The number of ether oxygens (including phenoxy) is 1. The Labute approximate surface area is 239 Å². The van der Waals surface area contributed by atoms with E-state index in [1.165, 1.54) is 11.0 Å². The summed E-state index contributed by atoms with van der Waals surface area (Å²) in [7, 11) is 0. The third kappa shape index (κ3) is 3.91. The molecule has 6 rings (SSSR count). The van der Waals surface area contributed by atoms with Crippen LogP contribution in [0.25, 0.3) is 0 Å². The van der Waals surface area contributed by atoms with E-state index in [1.54, 1.807) is 37.3 Å². The zero-order chi connectivity index (χ0) is 27.6. The van der Waals surface area contributed by atoms with Crippen LogP contribution in [0.1, 0.15) is 38.2 Å². The van der Waals surface area contributed by atoms with Crippen LogP contribution in [0.3, 0.4) is 0 Å². The van der Waals surface area contributed by atoms with Crippen LogP contribution in [-0.4, -0.2) is 35.1 Å². The molecule has 198 valence electrons. The van der Waals surface area contributed by atoms with Crippen LogP contribution in [0.4, 0.5) is 5.69 Å². The van der Waals surface area contributed by atoms with Gasteiger partial charge in [0.25, 0.3) is 0 Å². The maximum atomic E-state index is 13.9. The number of amides is 2. The molecule has 7 nitrogen and oxygen atoms in total. The number of allylic oxidation sites excluding steroid dienone is 6. The molecule has 2 aromatic carbocycles. The van der Waals surface area contributed by atoms with Gasteiger partial charge in [0.05, 0.1) is 24.1 Å². The summed E-state index contributed by atoms with van der Waals surface area (Å²) in [4.78, 5) is 55.6. The lowest BCUT2D eigenvalue weighted by Gasteiger charge is -2.42. The molecule has 0 aromatic heterocycles. The number of rotatable bonds is 4. The number of fused-ring (bicyclic) bond motifs is 3. The first kappa shape index (κ1) is 25.7. The van der Waals surface area contributed by atoms with Crippen molar-refractivity contribution in [1.82, 2.24) is 0 Å². The summed E-state index contributed by atoms with van der Waals surface area (Å²) >= 11 is 2.17. The van der Waals surface area contributed by atoms with E-state index in [0.29, 0.717) is 41.0 Å². The topological polar surface area (TPSA) is 101 Å². The number of hydrogen-bond donors (Lipinski definition) is 1. The summed E-state index contributed by atoms with van der Waals surface area (Å²) in [5, 5.41) is 11.2. The van der Waals surface area contributed by atoms with Crippen LogP contribution >= 0.6 is 22.6 Å². The van der Waals surface area contributed by atoms with E-state index in [-0.39, 0.29) is 41.3 Å². The monoisotopic (exact) mass is 635 g/mol. The summed E-state index contributed by atoms with van der Waals surface area (Å²) < 4.78 is 6.62. The van der Waals surface area contributed by atoms with Crippen molar-refractivity contribution in [3.63, 3.8) is 0 Å². The number of carbonyl (C=O) groups excluding carboxylic acids is 4. The lowest BCUT2D eigenvalue weighted by molar-refractivity contribution is -0.123. The highest BCUT2D eigenvalue weighted by Crippen LogP contribution is 2.57. The number of hydrogen-bond acceptors (Lipinski definition) is 6. The molecular weight excluding hydrogens is 609 g/mol. The zero-order valence-corrected chi connectivity index (χ0v) is 23.6. The van der Waals surface area contributed by atoms with Gasteiger partial charge in [-0.25, -0.2) is 0 Å². The Bertz CT molecular complexity index is 1550. The quantitative estimate of drug-likeness (QED) is 0.219. The van der Waals surface area contributed by atoms with Gasteiger partial charge in [-0.15, -0.1) is 0 Å². The predicted molar refractivity (Wildman–Crippen MR) is 152 cm³/mol. The number of phenolic OH excluding ortho intramolecular Hbond substituents is 1. The molecule has 2 aromatic rings. The van der Waals surface area contributed by atoms with Gasteiger partial charge in [-0.1, -0.05) is 23.8 Å². The minimum Gasteiger partial charge on any atom is -0.504 e. The van der Waals surface area contributed by atoms with E-state index in [0.717, 1.165) is 9.14 Å². The van der Waals surface area contributed by atoms with Gasteiger partial charge in [-0.05, 0) is 91.6 Å². The largest absolute Gasteiger partial charge is 0.504 e. The van der Waals surface area contributed by atoms with E-state index < -0.39 is 23.7 Å². The maximum absolute atomic E-state index is 13.9. The number of phenols is 1. The average Bonchev–Trinajstić information content (AvgIpc) is 3.18. The number of para-hydroxylation sites is 1. The molecule has 4 atom stereocenters. The van der Waals surface area contributed by atoms with E-state index in [9.17, 15) is 24.3 Å². The number of carbonyl (C=O) groups is 4. The summed E-state index contributed by atoms with van der Waals surface area (Å²) in [5.74, 6) is -3.27. The number of ketones is 2. The zero-order valence-electron chi connectivity index (χ0n) is 21.4. The second-order valence-corrected chi connectivity index (χ2v) is 11.6. The van der Waals surface area contributed by atoms with E-state index >= 15 is 0 Å². The lowest BCUT2D eigenvalue weighted by Crippen LogP contribution is -2.39. The molecule has 1 aliphatic heterocycles. The van der Waals surface area contributed by atoms with Gasteiger partial charge in [0.2, 0.25) is 11.8 Å². The highest BCUT2D eigenvalue weighted by atomic mass is 127. The first-order valence-corrected chi connectivity index (χ1v) is 14.1. The van der Waals surface area contributed by atoms with Crippen molar-refractivity contribution in [3.05, 3.63) is 86.0 Å². The molecular formula is C31H26INO6. The Balaban J connectivity index is 1.50. The van der Waals surface area contributed by atoms with Crippen LogP contribution < -0.4 is 9.64 Å². The van der Waals surface area contributed by atoms with Gasteiger partial charge < -0.3 is 9.84 Å². The summed E-state index contributed by atoms with van der Waals surface area (Å²) in [5.41, 5.74) is 2.81. The SMILES string of the molecule is CCOc1cccc([C@H]2C3=CC[C@@H]4C(=O)N(c5ccc(I)cc5)C(=O)[C@@H]4[C@@H]3CC3=C2C(=O)C(C)=CC3=O)c1O. The van der Waals surface area contributed by atoms with Crippen LogP contribution in [-0.2, 0) is 19.2 Å². The van der Waals surface area contributed by atoms with Crippen molar-refractivity contribution >= 4 is 51.7 Å². The number of Topliss-reactive ketones (excluding diaryl/α,β-unsaturated/α-hetero) is 1. The van der Waals surface area contributed by atoms with Gasteiger partial charge in [0.15, 0.2) is 23.1 Å². The molecule has 0 saturated carbocycles. The van der Waals surface area contributed by atoms with Crippen molar-refractivity contribution in [2.24, 2.45) is 17.8 Å². The molecule has 39 heavy (non-hydrogen) atoms. The molecule has 1 N–H and O–H groups in total. The van der Waals surface area contributed by atoms with Gasteiger partial charge in [0.1, 0.15) is 0 Å². The molecule has 3 aliphatic carbocycles. The fourth-order valence-corrected chi connectivity index (χ4v) is 6.97. The second kappa shape index (κ2) is 9.59. The maximum Gasteiger partial charge on any atom is 0.238 e. The molecule has 1 fully saturated rings. The minimum absolute atomic E-state index is 0.0957. The van der Waals surface area contributed by atoms with Crippen LogP contribution in [0.15, 0.2) is 76.9 Å². The third-order valence-electron chi connectivity index (χ3n) is 8.29. The lowest BCUT2D eigenvalue weighted by atomic mass is 9.59. The van der Waals surface area contributed by atoms with Crippen molar-refractivity contribution < 1.29 is 29.0 Å². The smallest absolute Gasteiger partial charge is 0.238 e. The predicted octanol–water partition coefficient (Wildman–Crippen LogP) is 5.03. The number of halogens is 1. The fourth-order valence-electron chi connectivity index (χ4n) is 6.61. The van der Waals surface area contributed by atoms with Crippen molar-refractivity contribution in [3.8, 4) is 11.5 Å². The Kier molecular flexibility index (Phi) is 6.32. The highest BCUT2D eigenvalue weighted by molar-refractivity contribution is 14.1. The molecule has 4 aliphatic rings. The number of benzene rings is 2. The average molecular weight is 635 g/mol. The molecule has 1 saturated heterocycles. The van der Waals surface area contributed by atoms with E-state index in [2.05, 4.69) is 22.6 Å². The summed E-state index contributed by atoms with van der Waals surface area (Å²) in [6, 6.07) is 12.4. The van der Waals surface area contributed by atoms with Gasteiger partial charge in [0, 0.05) is 31.8 Å². The number of aromatic hydroxyl groups is 1. The molecule has 0 spiro atoms. The van der Waals surface area contributed by atoms with Crippen molar-refractivity contribution in [2.75, 3.05) is 11.5 Å². The number of imide groups is 1. The molecule has 0 unspecified atom stereocenters. The highest BCUT2D eigenvalue weighted by Gasteiger charge is 2.56. The summed E-state index contributed by atoms with van der Waals surface area (Å²) in [6.07, 6.45) is 3.83. The third-order valence-corrected chi connectivity index (χ3v) is 9.01. The molecule has 0 bridgehead atoms. The fraction of sp³-hybridized carbons (Fsp3) is 0.290. The number of anilines is 1. The van der Waals surface area contributed by atoms with Crippen LogP contribution in [0.2, 0.25) is 0 Å². The normalized spacial score (nSPS) is 26.2. The van der Waals surface area contributed by atoms with Crippen LogP contribution in [0, 0.1) is 21.3 Å². The van der Waals surface area contributed by atoms with E-state index in [1.807, 2.05) is 25.1 Å². The van der Waals surface area contributed by atoms with Crippen LogP contribution in [0.5, 0.6) is 11.5 Å². The van der Waals surface area contributed by atoms with Gasteiger partial charge in [-0.2, -0.15) is 0 Å².